The number of benzene rings is 12. The number of hydrogen-bond acceptors (Lipinski definition) is 14. The number of methoxy groups -OCH3 is 10. The van der Waals surface area contributed by atoms with Gasteiger partial charge in [0.15, 0.2) is 4.30 Å². The van der Waals surface area contributed by atoms with Crippen LogP contribution in [0, 0.1) is 0 Å². The molecule has 0 heterocycles. The summed E-state index contributed by atoms with van der Waals surface area (Å²) in [6, 6.07) is 99.3. The van der Waals surface area contributed by atoms with E-state index in [2.05, 4.69) is 214 Å². The second kappa shape index (κ2) is 33.7. The van der Waals surface area contributed by atoms with Crippen LogP contribution >= 0.6 is 34.8 Å². The molecule has 0 N–H and O–H groups in total. The normalized spacial score (nSPS) is 12.2. The molecule has 12 aromatic carbocycles. The van der Waals surface area contributed by atoms with Crippen molar-refractivity contribution in [1.29, 1.82) is 0 Å². The molecule has 0 radical (unpaired) electrons. The molecule has 105 heavy (non-hydrogen) atoms. The molecular formula is C88H79Cl3N4O10. The van der Waals surface area contributed by atoms with Crippen molar-refractivity contribution in [3.8, 4) is 46.0 Å². The van der Waals surface area contributed by atoms with E-state index in [0.717, 1.165) is 159 Å². The number of nitrogens with zero attached hydrogens (tertiary/aromatic N) is 4. The van der Waals surface area contributed by atoms with E-state index in [-0.39, 0.29) is 0 Å². The Morgan fingerprint density at radius 3 is 0.448 bits per heavy atom. The van der Waals surface area contributed by atoms with E-state index in [1.165, 1.54) is 0 Å². The lowest BCUT2D eigenvalue weighted by atomic mass is 9.89. The van der Waals surface area contributed by atoms with Gasteiger partial charge in [0.05, 0.1) is 56.9 Å². The molecule has 14 nitrogen and oxygen atoms in total. The highest BCUT2D eigenvalue weighted by molar-refractivity contribution is 6.63. The molecule has 0 aromatic heterocycles. The smallest absolute Gasteiger partial charge is 0.224 e. The predicted octanol–water partition coefficient (Wildman–Crippen LogP) is 23.1. The number of halogens is 3. The minimum absolute atomic E-state index is 0.749. The van der Waals surface area contributed by atoms with Crippen molar-refractivity contribution < 1.29 is 47.4 Å². The van der Waals surface area contributed by atoms with Crippen molar-refractivity contribution in [3.63, 3.8) is 0 Å². The van der Waals surface area contributed by atoms with Crippen LogP contribution in [-0.2, 0) is 9.47 Å². The summed E-state index contributed by atoms with van der Waals surface area (Å²) in [5.74, 6) is 4.44. The lowest BCUT2D eigenvalue weighted by molar-refractivity contribution is -0.114. The van der Waals surface area contributed by atoms with E-state index >= 15 is 0 Å². The number of anilines is 12. The van der Waals surface area contributed by atoms with E-state index < -0.39 is 10.1 Å². The highest BCUT2D eigenvalue weighted by Crippen LogP contribution is 2.60. The Bertz CT molecular complexity index is 4380. The van der Waals surface area contributed by atoms with Crippen LogP contribution in [0.4, 0.5) is 68.2 Å². The van der Waals surface area contributed by atoms with Gasteiger partial charge < -0.3 is 67.0 Å². The highest BCUT2D eigenvalue weighted by Gasteiger charge is 2.50. The summed E-state index contributed by atoms with van der Waals surface area (Å²) in [5.41, 5.74) is 18.0. The fraction of sp³-hybridized carbons (Fsp3) is 0.136. The summed E-state index contributed by atoms with van der Waals surface area (Å²) in [6.07, 6.45) is 0. The summed E-state index contributed by atoms with van der Waals surface area (Å²) >= 11 is 14.4. The van der Waals surface area contributed by atoms with Gasteiger partial charge in [-0.2, -0.15) is 0 Å². The highest BCUT2D eigenvalue weighted by atomic mass is 35.6. The summed E-state index contributed by atoms with van der Waals surface area (Å²) < 4.78 is 58.8. The van der Waals surface area contributed by atoms with E-state index in [9.17, 15) is 0 Å². The van der Waals surface area contributed by atoms with Gasteiger partial charge in [-0.25, -0.2) is 0 Å². The Labute approximate surface area is 629 Å². The quantitative estimate of drug-likeness (QED) is 0.0379. The average molecular weight is 1460 g/mol. The summed E-state index contributed by atoms with van der Waals surface area (Å²) in [5, 5.41) is 0. The maximum absolute atomic E-state index is 7.17. The van der Waals surface area contributed by atoms with Crippen molar-refractivity contribution in [2.75, 3.05) is 90.7 Å². The van der Waals surface area contributed by atoms with Crippen LogP contribution in [0.25, 0.3) is 22.3 Å². The topological polar surface area (TPSA) is 105 Å². The second-order valence-corrected chi connectivity index (χ2v) is 25.9. The molecule has 0 fully saturated rings. The van der Waals surface area contributed by atoms with Gasteiger partial charge in [0, 0.05) is 93.6 Å². The number of ether oxygens (including phenoxy) is 10. The Morgan fingerprint density at radius 1 is 0.200 bits per heavy atom. The van der Waals surface area contributed by atoms with Gasteiger partial charge in [-0.1, -0.05) is 83.3 Å². The van der Waals surface area contributed by atoms with Crippen molar-refractivity contribution in [2.45, 2.75) is 10.1 Å². The number of alkyl halides is 3. The van der Waals surface area contributed by atoms with E-state index in [4.69, 9.17) is 82.2 Å². The maximum Gasteiger partial charge on any atom is 0.224 e. The van der Waals surface area contributed by atoms with Gasteiger partial charge in [0.1, 0.15) is 46.0 Å². The third-order valence-electron chi connectivity index (χ3n) is 18.3. The van der Waals surface area contributed by atoms with Crippen molar-refractivity contribution in [3.05, 3.63) is 313 Å². The summed E-state index contributed by atoms with van der Waals surface area (Å²) in [4.78, 5) is 8.86. The second-order valence-electron chi connectivity index (χ2n) is 23.9. The van der Waals surface area contributed by atoms with E-state index in [0.29, 0.717) is 0 Å². The lowest BCUT2D eigenvalue weighted by Crippen LogP contribution is -2.35. The third-order valence-corrected chi connectivity index (χ3v) is 18.3. The molecule has 0 amide bonds. The molecule has 0 spiro atoms. The first-order chi connectivity index (χ1) is 51.3. The zero-order valence-corrected chi connectivity index (χ0v) is 62.1. The van der Waals surface area contributed by atoms with Crippen molar-refractivity contribution in [2.24, 2.45) is 0 Å². The van der Waals surface area contributed by atoms with Gasteiger partial charge in [-0.15, -0.1) is 0 Å². The molecule has 532 valence electrons. The van der Waals surface area contributed by atoms with Gasteiger partial charge >= 0.3 is 0 Å². The minimum atomic E-state index is -1.56. The Kier molecular flexibility index (Phi) is 23.5. The Hall–Kier alpha value is -11.5. The molecule has 1 aliphatic carbocycles. The van der Waals surface area contributed by atoms with Gasteiger partial charge in [-0.05, 0) is 276 Å². The van der Waals surface area contributed by atoms with Crippen LogP contribution in [0.2, 0.25) is 0 Å². The van der Waals surface area contributed by atoms with Crippen molar-refractivity contribution in [1.82, 2.24) is 0 Å². The summed E-state index contributed by atoms with van der Waals surface area (Å²) in [7, 11) is 16.9. The van der Waals surface area contributed by atoms with Crippen LogP contribution in [0.15, 0.2) is 291 Å². The Balaban J connectivity index is 0.00000252. The maximum atomic E-state index is 7.17. The molecule has 0 saturated carbocycles. The molecule has 1 aliphatic rings. The predicted molar refractivity (Wildman–Crippen MR) is 429 cm³/mol. The molecule has 0 atom stereocenters. The van der Waals surface area contributed by atoms with Crippen LogP contribution in [0.5, 0.6) is 46.0 Å². The van der Waals surface area contributed by atoms with Gasteiger partial charge in [-0.3, -0.25) is 0 Å². The minimum Gasteiger partial charge on any atom is -0.497 e. The molecule has 0 saturated heterocycles. The lowest BCUT2D eigenvalue weighted by Gasteiger charge is -2.34. The summed E-state index contributed by atoms with van der Waals surface area (Å²) in [6.45, 7) is 0. The fourth-order valence-corrected chi connectivity index (χ4v) is 13.2. The molecule has 13 rings (SSSR count). The molecule has 0 unspecified atom stereocenters. The van der Waals surface area contributed by atoms with Crippen molar-refractivity contribution >= 4 is 125 Å². The van der Waals surface area contributed by atoms with Crippen LogP contribution in [0.3, 0.4) is 0 Å². The Morgan fingerprint density at radius 2 is 0.324 bits per heavy atom. The number of allylic oxidation sites excluding steroid dienone is 2. The van der Waals surface area contributed by atoms with Gasteiger partial charge in [0.2, 0.25) is 5.79 Å². The van der Waals surface area contributed by atoms with Crippen LogP contribution in [0.1, 0.15) is 22.3 Å². The first-order valence-corrected chi connectivity index (χ1v) is 34.9. The average Bonchev–Trinajstić information content (AvgIpc) is 1.55. The molecular weight excluding hydrogens is 1380 g/mol. The monoisotopic (exact) mass is 1460 g/mol. The fourth-order valence-electron chi connectivity index (χ4n) is 13.2. The van der Waals surface area contributed by atoms with Crippen LogP contribution < -0.4 is 57.5 Å². The standard InChI is InChI=1S/C87H78N4O10.CHCl3/c1-92-75-43-27-67(28-44-75)88(68-29-45-76(93-2)46-30-68)63-19-11-59(12-20-63)83-84(60-13-21-64(22-14-60)89(69-31-47-77(94-3)48-32-69)70-33-49-78(95-4)50-34-70)86(62-17-25-66(26-18-62)91(73-39-55-81(98-7)56-40-73)74-41-57-82(99-8)58-42-74)87(100-9,101-10)85(83)61-15-23-65(24-16-61)90(71-35-51-79(96-5)52-36-71)72-37-53-80(97-6)54-38-72;2-1(3)4/h11-58H,1-10H3;1H. The zero-order valence-electron chi connectivity index (χ0n) is 59.8. The molecule has 0 bridgehead atoms. The molecule has 12 aromatic rings. The van der Waals surface area contributed by atoms with Gasteiger partial charge in [0.25, 0.3) is 0 Å². The van der Waals surface area contributed by atoms with E-state index in [1.807, 2.05) is 97.1 Å². The SMILES string of the molecule is COc1ccc(N(c2ccc(OC)cc2)c2ccc(C3=C(c4ccc(N(c5ccc(OC)cc5)c5ccc(OC)cc5)cc4)C(OC)(OC)C(c4ccc(N(c5ccc(OC)cc5)c5ccc(OC)cc5)cc4)=C3c3ccc(N(c4ccc(OC)cc4)c4ccc(OC)cc4)cc3)cc2)cc1.ClC(Cl)Cl. The first kappa shape index (κ1) is 73.3. The zero-order chi connectivity index (χ0) is 73.6. The molecule has 17 heteroatoms. The third kappa shape index (κ3) is 15.9. The van der Waals surface area contributed by atoms with Crippen LogP contribution in [-0.4, -0.2) is 81.2 Å². The largest absolute Gasteiger partial charge is 0.497 e. The number of hydrogen-bond donors (Lipinski definition) is 0. The van der Waals surface area contributed by atoms with E-state index in [1.54, 1.807) is 71.1 Å². The molecule has 0 aliphatic heterocycles. The first-order valence-electron chi connectivity index (χ1n) is 33.6. The number of rotatable bonds is 26.